The van der Waals surface area contributed by atoms with Crippen LogP contribution in [0.25, 0.3) is 0 Å². The number of rotatable bonds is 3. The largest absolute Gasteiger partial charge is 0.389 e. The lowest BCUT2D eigenvalue weighted by atomic mass is 9.49. The third-order valence-electron chi connectivity index (χ3n) is 7.33. The summed E-state index contributed by atoms with van der Waals surface area (Å²) in [6, 6.07) is -0.0627. The summed E-state index contributed by atoms with van der Waals surface area (Å²) >= 11 is 0. The van der Waals surface area contributed by atoms with Crippen LogP contribution >= 0.6 is 0 Å². The van der Waals surface area contributed by atoms with Crippen LogP contribution in [-0.2, 0) is 0 Å². The molecule has 0 aromatic heterocycles. The van der Waals surface area contributed by atoms with Crippen molar-refractivity contribution in [3.8, 4) is 0 Å². The first-order chi connectivity index (χ1) is 10.5. The van der Waals surface area contributed by atoms with Gasteiger partial charge >= 0.3 is 0 Å². The van der Waals surface area contributed by atoms with E-state index >= 15 is 0 Å². The van der Waals surface area contributed by atoms with Gasteiger partial charge in [0, 0.05) is 12.6 Å². The van der Waals surface area contributed by atoms with Gasteiger partial charge < -0.3 is 15.3 Å². The summed E-state index contributed by atoms with van der Waals surface area (Å²) in [6.07, 6.45) is 7.22. The Morgan fingerprint density at radius 2 is 1.45 bits per heavy atom. The molecular formula is C18H31NO3. The Labute approximate surface area is 133 Å². The summed E-state index contributed by atoms with van der Waals surface area (Å²) in [4.78, 5) is 2.20. The molecule has 0 spiro atoms. The topological polar surface area (TPSA) is 63.9 Å². The summed E-state index contributed by atoms with van der Waals surface area (Å²) in [5.74, 6) is 2.93. The summed E-state index contributed by atoms with van der Waals surface area (Å²) < 4.78 is 0. The molecule has 1 heterocycles. The zero-order chi connectivity index (χ0) is 15.5. The van der Waals surface area contributed by atoms with Crippen molar-refractivity contribution in [2.24, 2.45) is 23.2 Å². The second-order valence-corrected chi connectivity index (χ2v) is 8.95. The monoisotopic (exact) mass is 309 g/mol. The summed E-state index contributed by atoms with van der Waals surface area (Å²) in [6.45, 7) is 3.42. The van der Waals surface area contributed by atoms with Crippen molar-refractivity contribution in [3.63, 3.8) is 0 Å². The molecule has 0 aromatic carbocycles. The maximum atomic E-state index is 10.1. The molecule has 4 atom stereocenters. The zero-order valence-electron chi connectivity index (χ0n) is 13.7. The lowest BCUT2D eigenvalue weighted by molar-refractivity contribution is -0.138. The molecule has 0 radical (unpaired) electrons. The van der Waals surface area contributed by atoms with Crippen LogP contribution in [0.1, 0.15) is 51.9 Å². The number of aliphatic hydroxyl groups excluding tert-OH is 3. The Kier molecular flexibility index (Phi) is 3.80. The average molecular weight is 309 g/mol. The molecule has 5 aliphatic rings. The number of β-amino-alcohol motifs (C(OH)–C–C–N with tert-alkyl or cyclic N) is 1. The van der Waals surface area contributed by atoms with Gasteiger partial charge in [-0.3, -0.25) is 4.90 Å². The van der Waals surface area contributed by atoms with Gasteiger partial charge in [0.2, 0.25) is 0 Å². The maximum absolute atomic E-state index is 10.1. The minimum Gasteiger partial charge on any atom is -0.389 e. The van der Waals surface area contributed by atoms with E-state index in [1.807, 2.05) is 6.92 Å². The lowest BCUT2D eigenvalue weighted by Gasteiger charge is -2.57. The molecule has 4 bridgehead atoms. The normalized spacial score (nSPS) is 54.8. The molecule has 126 valence electrons. The zero-order valence-corrected chi connectivity index (χ0v) is 13.7. The number of nitrogens with zero attached hydrogens (tertiary/aromatic N) is 1. The first kappa shape index (κ1) is 15.4. The first-order valence-corrected chi connectivity index (χ1v) is 9.24. The van der Waals surface area contributed by atoms with Crippen LogP contribution in [0.4, 0.5) is 0 Å². The number of hydrogen-bond acceptors (Lipinski definition) is 4. The van der Waals surface area contributed by atoms with Gasteiger partial charge in [0.15, 0.2) is 0 Å². The second kappa shape index (κ2) is 5.44. The van der Waals surface area contributed by atoms with Crippen molar-refractivity contribution in [1.82, 2.24) is 4.90 Å². The van der Waals surface area contributed by atoms with Gasteiger partial charge in [0.1, 0.15) is 6.10 Å². The van der Waals surface area contributed by atoms with Gasteiger partial charge in [-0.05, 0) is 81.6 Å². The van der Waals surface area contributed by atoms with Gasteiger partial charge in [0.05, 0.1) is 12.2 Å². The fraction of sp³-hybridized carbons (Fsp3) is 1.00. The molecule has 4 heteroatoms. The highest BCUT2D eigenvalue weighted by atomic mass is 16.4. The van der Waals surface area contributed by atoms with E-state index in [9.17, 15) is 15.3 Å². The molecule has 4 saturated carbocycles. The van der Waals surface area contributed by atoms with Crippen LogP contribution in [-0.4, -0.2) is 57.7 Å². The molecule has 5 fully saturated rings. The van der Waals surface area contributed by atoms with Gasteiger partial charge in [0.25, 0.3) is 0 Å². The van der Waals surface area contributed by atoms with Gasteiger partial charge in [-0.15, -0.1) is 0 Å². The van der Waals surface area contributed by atoms with Crippen molar-refractivity contribution < 1.29 is 15.3 Å². The van der Waals surface area contributed by atoms with Crippen molar-refractivity contribution in [2.75, 3.05) is 13.1 Å². The Balaban J connectivity index is 1.40. The number of hydrogen-bond donors (Lipinski definition) is 3. The molecule has 22 heavy (non-hydrogen) atoms. The summed E-state index contributed by atoms with van der Waals surface area (Å²) in [7, 11) is 0. The molecule has 1 aliphatic heterocycles. The first-order valence-electron chi connectivity index (χ1n) is 9.24. The van der Waals surface area contributed by atoms with Crippen molar-refractivity contribution >= 4 is 0 Å². The van der Waals surface area contributed by atoms with Crippen molar-refractivity contribution in [2.45, 2.75) is 76.2 Å². The fourth-order valence-corrected chi connectivity index (χ4v) is 6.52. The maximum Gasteiger partial charge on any atom is 0.108 e. The molecule has 0 unspecified atom stereocenters. The molecule has 1 saturated heterocycles. The average Bonchev–Trinajstić information content (AvgIpc) is 2.46. The number of likely N-dealkylation sites (tertiary alicyclic amines) is 1. The molecule has 3 N–H and O–H groups in total. The SMILES string of the molecule is C[C@@H]1[C@@H](O)[C@H](O)[C@@H](O)CN1CCC12CC3CC(CC(C3)C1)C2. The Bertz CT molecular complexity index is 391. The van der Waals surface area contributed by atoms with Crippen LogP contribution in [0, 0.1) is 23.2 Å². The van der Waals surface area contributed by atoms with Crippen molar-refractivity contribution in [3.05, 3.63) is 0 Å². The van der Waals surface area contributed by atoms with Gasteiger partial charge in [-0.1, -0.05) is 0 Å². The van der Waals surface area contributed by atoms with E-state index in [2.05, 4.69) is 4.90 Å². The van der Waals surface area contributed by atoms with Crippen LogP contribution < -0.4 is 0 Å². The van der Waals surface area contributed by atoms with E-state index in [1.165, 1.54) is 44.9 Å². The molecular weight excluding hydrogens is 278 g/mol. The van der Waals surface area contributed by atoms with E-state index in [1.54, 1.807) is 0 Å². The lowest BCUT2D eigenvalue weighted by Crippen LogP contribution is -2.60. The molecule has 4 aliphatic carbocycles. The molecule has 4 nitrogen and oxygen atoms in total. The smallest absolute Gasteiger partial charge is 0.108 e. The molecule has 5 rings (SSSR count). The predicted molar refractivity (Wildman–Crippen MR) is 84.3 cm³/mol. The minimum atomic E-state index is -0.995. The summed E-state index contributed by atoms with van der Waals surface area (Å²) in [5, 5.41) is 29.8. The standard InChI is InChI=1S/C18H31NO3/c1-11-16(21)17(22)15(20)10-19(11)3-2-18-7-12-4-13(8-18)6-14(5-12)9-18/h11-17,20-22H,2-10H2,1H3/t11-,12?,13?,14?,15+,16-,17-,18?/m1/s1. The predicted octanol–water partition coefficient (Wildman–Crippen LogP) is 1.38. The number of piperidine rings is 1. The van der Waals surface area contributed by atoms with E-state index in [0.717, 1.165) is 24.3 Å². The van der Waals surface area contributed by atoms with E-state index in [0.29, 0.717) is 12.0 Å². The highest BCUT2D eigenvalue weighted by Crippen LogP contribution is 2.61. The number of aliphatic hydroxyl groups is 3. The van der Waals surface area contributed by atoms with Gasteiger partial charge in [-0.2, -0.15) is 0 Å². The van der Waals surface area contributed by atoms with E-state index in [-0.39, 0.29) is 6.04 Å². The Hall–Kier alpha value is -0.160. The van der Waals surface area contributed by atoms with Gasteiger partial charge in [-0.25, -0.2) is 0 Å². The summed E-state index contributed by atoms with van der Waals surface area (Å²) in [5.41, 5.74) is 0.542. The van der Waals surface area contributed by atoms with Crippen LogP contribution in [0.2, 0.25) is 0 Å². The second-order valence-electron chi connectivity index (χ2n) is 8.95. The quantitative estimate of drug-likeness (QED) is 0.737. The fourth-order valence-electron chi connectivity index (χ4n) is 6.52. The highest BCUT2D eigenvalue weighted by molar-refractivity contribution is 5.02. The Morgan fingerprint density at radius 3 is 2.00 bits per heavy atom. The van der Waals surface area contributed by atoms with Crippen LogP contribution in [0.15, 0.2) is 0 Å². The van der Waals surface area contributed by atoms with Crippen molar-refractivity contribution in [1.29, 1.82) is 0 Å². The minimum absolute atomic E-state index is 0.0627. The third-order valence-corrected chi connectivity index (χ3v) is 7.33. The van der Waals surface area contributed by atoms with Crippen LogP contribution in [0.5, 0.6) is 0 Å². The van der Waals surface area contributed by atoms with E-state index in [4.69, 9.17) is 0 Å². The third kappa shape index (κ3) is 2.52. The van der Waals surface area contributed by atoms with E-state index < -0.39 is 18.3 Å². The molecule has 0 aromatic rings. The highest BCUT2D eigenvalue weighted by Gasteiger charge is 2.51. The Morgan fingerprint density at radius 1 is 0.909 bits per heavy atom. The van der Waals surface area contributed by atoms with Crippen LogP contribution in [0.3, 0.4) is 0 Å². The molecule has 0 amide bonds.